The standard InChI is InChI=1S/C27H28F2N3O6P/c1-17(33)30-15-23-16-32(27(34)37-23)20-13-24(28)26(25(29)14-20)31-7-9-39(35,10-8-31)38-22-6-4-18-11-21(36-2)5-3-19(18)12-22/h3-6,11-14,23H,7-10,15-16H2,1-2H3,(H,30,33)/t23-/m0/s1. The van der Waals surface area contributed by atoms with Crippen LogP contribution in [0.2, 0.25) is 0 Å². The van der Waals surface area contributed by atoms with Crippen LogP contribution in [0.25, 0.3) is 10.8 Å². The second-order valence-electron chi connectivity index (χ2n) is 9.53. The normalized spacial score (nSPS) is 18.7. The van der Waals surface area contributed by atoms with E-state index < -0.39 is 31.2 Å². The lowest BCUT2D eigenvalue weighted by atomic mass is 10.1. The number of carbonyl (C=O) groups excluding carboxylic acids is 2. The Hall–Kier alpha value is -3.85. The Morgan fingerprint density at radius 2 is 1.67 bits per heavy atom. The lowest BCUT2D eigenvalue weighted by Gasteiger charge is -2.34. The van der Waals surface area contributed by atoms with E-state index in [0.29, 0.717) is 5.75 Å². The zero-order chi connectivity index (χ0) is 27.7. The zero-order valence-electron chi connectivity index (χ0n) is 21.5. The zero-order valence-corrected chi connectivity index (χ0v) is 22.4. The Balaban J connectivity index is 1.25. The van der Waals surface area contributed by atoms with Crippen molar-refractivity contribution in [3.63, 3.8) is 0 Å². The molecule has 206 valence electrons. The van der Waals surface area contributed by atoms with E-state index in [1.807, 2.05) is 30.3 Å². The molecule has 1 atom stereocenters. The molecule has 2 aliphatic heterocycles. The number of benzene rings is 3. The summed E-state index contributed by atoms with van der Waals surface area (Å²) in [6.45, 7) is 1.76. The van der Waals surface area contributed by atoms with Gasteiger partial charge < -0.3 is 24.2 Å². The highest BCUT2D eigenvalue weighted by Crippen LogP contribution is 2.50. The van der Waals surface area contributed by atoms with Gasteiger partial charge in [0, 0.05) is 32.1 Å². The summed E-state index contributed by atoms with van der Waals surface area (Å²) in [4.78, 5) is 26.0. The molecule has 2 fully saturated rings. The smallest absolute Gasteiger partial charge is 0.414 e. The number of halogens is 2. The third-order valence-electron chi connectivity index (χ3n) is 6.79. The third-order valence-corrected chi connectivity index (χ3v) is 9.10. The maximum absolute atomic E-state index is 15.1. The number of fused-ring (bicyclic) bond motifs is 1. The van der Waals surface area contributed by atoms with Crippen molar-refractivity contribution >= 4 is 41.5 Å². The quantitative estimate of drug-likeness (QED) is 0.417. The van der Waals surface area contributed by atoms with Crippen molar-refractivity contribution in [2.75, 3.05) is 55.4 Å². The highest BCUT2D eigenvalue weighted by atomic mass is 31.2. The van der Waals surface area contributed by atoms with E-state index in [4.69, 9.17) is 14.0 Å². The van der Waals surface area contributed by atoms with Crippen molar-refractivity contribution in [3.05, 3.63) is 60.2 Å². The highest BCUT2D eigenvalue weighted by molar-refractivity contribution is 7.59. The Kier molecular flexibility index (Phi) is 7.36. The minimum Gasteiger partial charge on any atom is -0.497 e. The van der Waals surface area contributed by atoms with Gasteiger partial charge in [0.2, 0.25) is 5.91 Å². The molecule has 0 unspecified atom stereocenters. The molecule has 9 nitrogen and oxygen atoms in total. The van der Waals surface area contributed by atoms with Gasteiger partial charge in [-0.3, -0.25) is 14.3 Å². The van der Waals surface area contributed by atoms with E-state index >= 15 is 8.78 Å². The summed E-state index contributed by atoms with van der Waals surface area (Å²) in [6, 6.07) is 13.2. The molecule has 0 aromatic heterocycles. The molecule has 2 heterocycles. The van der Waals surface area contributed by atoms with E-state index in [2.05, 4.69) is 5.32 Å². The number of cyclic esters (lactones) is 1. The van der Waals surface area contributed by atoms with Gasteiger partial charge in [0.25, 0.3) is 7.37 Å². The van der Waals surface area contributed by atoms with Crippen LogP contribution < -0.4 is 24.4 Å². The first-order chi connectivity index (χ1) is 18.6. The number of anilines is 2. The number of amides is 2. The van der Waals surface area contributed by atoms with E-state index in [0.717, 1.165) is 33.6 Å². The Labute approximate surface area is 224 Å². The molecule has 12 heteroatoms. The van der Waals surface area contributed by atoms with Crippen LogP contribution in [-0.2, 0) is 14.1 Å². The molecular formula is C27H28F2N3O6P. The Morgan fingerprint density at radius 3 is 2.28 bits per heavy atom. The van der Waals surface area contributed by atoms with Crippen molar-refractivity contribution in [3.8, 4) is 11.5 Å². The van der Waals surface area contributed by atoms with Crippen molar-refractivity contribution in [2.24, 2.45) is 0 Å². The van der Waals surface area contributed by atoms with E-state index in [-0.39, 0.29) is 55.8 Å². The van der Waals surface area contributed by atoms with Crippen molar-refractivity contribution in [1.29, 1.82) is 0 Å². The summed E-state index contributed by atoms with van der Waals surface area (Å²) in [7, 11) is -1.49. The van der Waals surface area contributed by atoms with Crippen molar-refractivity contribution in [1.82, 2.24) is 5.32 Å². The van der Waals surface area contributed by atoms with Gasteiger partial charge >= 0.3 is 6.09 Å². The number of methoxy groups -OCH3 is 1. The fraction of sp³-hybridized carbons (Fsp3) is 0.333. The van der Waals surface area contributed by atoms with E-state index in [9.17, 15) is 14.2 Å². The van der Waals surface area contributed by atoms with Crippen LogP contribution in [0.3, 0.4) is 0 Å². The average molecular weight is 560 g/mol. The summed E-state index contributed by atoms with van der Waals surface area (Å²) < 4.78 is 60.1. The lowest BCUT2D eigenvalue weighted by molar-refractivity contribution is -0.119. The van der Waals surface area contributed by atoms with Crippen molar-refractivity contribution in [2.45, 2.75) is 13.0 Å². The molecule has 0 aliphatic carbocycles. The van der Waals surface area contributed by atoms with Crippen LogP contribution in [0.1, 0.15) is 6.92 Å². The maximum atomic E-state index is 15.1. The number of rotatable bonds is 7. The predicted molar refractivity (Wildman–Crippen MR) is 143 cm³/mol. The van der Waals surface area contributed by atoms with Crippen LogP contribution in [-0.4, -0.2) is 63.7 Å². The van der Waals surface area contributed by atoms with Gasteiger partial charge in [-0.15, -0.1) is 0 Å². The first-order valence-corrected chi connectivity index (χ1v) is 14.5. The van der Waals surface area contributed by atoms with Gasteiger partial charge in [-0.2, -0.15) is 0 Å². The monoisotopic (exact) mass is 559 g/mol. The fourth-order valence-electron chi connectivity index (χ4n) is 4.77. The Morgan fingerprint density at radius 1 is 1.05 bits per heavy atom. The van der Waals surface area contributed by atoms with Gasteiger partial charge in [-0.1, -0.05) is 12.1 Å². The molecule has 5 rings (SSSR count). The fourth-order valence-corrected chi connectivity index (χ4v) is 6.76. The van der Waals surface area contributed by atoms with Gasteiger partial charge in [0.1, 0.15) is 23.3 Å². The highest BCUT2D eigenvalue weighted by Gasteiger charge is 2.36. The summed E-state index contributed by atoms with van der Waals surface area (Å²) in [5.41, 5.74) is -0.226. The molecule has 3 aromatic rings. The van der Waals surface area contributed by atoms with E-state index in [1.54, 1.807) is 13.2 Å². The second-order valence-corrected chi connectivity index (χ2v) is 12.2. The number of hydrogen-bond acceptors (Lipinski definition) is 7. The molecule has 1 N–H and O–H groups in total. The number of ether oxygens (including phenoxy) is 2. The molecule has 0 spiro atoms. The molecule has 39 heavy (non-hydrogen) atoms. The van der Waals surface area contributed by atoms with Gasteiger partial charge in [-0.25, -0.2) is 13.6 Å². The first kappa shape index (κ1) is 26.7. The molecular weight excluding hydrogens is 531 g/mol. The topological polar surface area (TPSA) is 97.4 Å². The summed E-state index contributed by atoms with van der Waals surface area (Å²) in [6.07, 6.45) is -1.13. The third kappa shape index (κ3) is 5.78. The lowest BCUT2D eigenvalue weighted by Crippen LogP contribution is -2.37. The van der Waals surface area contributed by atoms with Gasteiger partial charge in [-0.05, 0) is 35.0 Å². The first-order valence-electron chi connectivity index (χ1n) is 12.5. The van der Waals surface area contributed by atoms with E-state index in [1.165, 1.54) is 11.8 Å². The maximum Gasteiger partial charge on any atom is 0.414 e. The van der Waals surface area contributed by atoms with Crippen LogP contribution in [0.15, 0.2) is 48.5 Å². The molecule has 2 saturated heterocycles. The second kappa shape index (κ2) is 10.7. The van der Waals surface area contributed by atoms with Crippen LogP contribution >= 0.6 is 7.37 Å². The molecule has 0 saturated carbocycles. The van der Waals surface area contributed by atoms with Crippen molar-refractivity contribution < 1.29 is 36.9 Å². The minimum absolute atomic E-state index is 0.0176. The minimum atomic E-state index is -3.08. The summed E-state index contributed by atoms with van der Waals surface area (Å²) >= 11 is 0. The van der Waals surface area contributed by atoms with Crippen LogP contribution in [0.5, 0.6) is 11.5 Å². The van der Waals surface area contributed by atoms with Gasteiger partial charge in [0.05, 0.1) is 38.2 Å². The number of nitrogens with one attached hydrogen (secondary N) is 1. The molecule has 0 radical (unpaired) electrons. The molecule has 2 aliphatic rings. The summed E-state index contributed by atoms with van der Waals surface area (Å²) in [5, 5.41) is 4.42. The SMILES string of the molecule is COc1ccc2cc(OP3(=O)CCN(c4c(F)cc(N5C[C@H](CNC(C)=O)OC5=O)cc4F)CC3)ccc2c1. The average Bonchev–Trinajstić information content (AvgIpc) is 3.28. The van der Waals surface area contributed by atoms with Gasteiger partial charge in [0.15, 0.2) is 11.6 Å². The molecule has 3 aromatic carbocycles. The van der Waals surface area contributed by atoms with Crippen LogP contribution in [0.4, 0.5) is 25.0 Å². The number of carbonyl (C=O) groups is 2. The largest absolute Gasteiger partial charge is 0.497 e. The number of hydrogen-bond donors (Lipinski definition) is 1. The summed E-state index contributed by atoms with van der Waals surface area (Å²) in [5.74, 6) is -0.756. The molecule has 2 amide bonds. The van der Waals surface area contributed by atoms with Crippen LogP contribution in [0, 0.1) is 11.6 Å². The number of nitrogens with zero attached hydrogens (tertiary/aromatic N) is 2. The Bertz CT molecular complexity index is 1450. The molecule has 0 bridgehead atoms. The predicted octanol–water partition coefficient (Wildman–Crippen LogP) is 4.77.